The van der Waals surface area contributed by atoms with Gasteiger partial charge in [-0.15, -0.1) is 0 Å². The third-order valence-corrected chi connectivity index (χ3v) is 4.24. The standard InChI is InChI=1S/C18H15BrN2O3/c1-24-18(23)10-17-20-14-4-2-3-5-15(14)21(17)13-8-6-12(7-9-13)16(22)11-19/h2-9H,10-11H2,1H3. The molecule has 3 aromatic rings. The smallest absolute Gasteiger partial charge is 0.313 e. The van der Waals surface area contributed by atoms with E-state index in [2.05, 4.69) is 20.9 Å². The van der Waals surface area contributed by atoms with Crippen molar-refractivity contribution in [2.45, 2.75) is 6.42 Å². The first kappa shape index (κ1) is 16.4. The number of halogens is 1. The number of hydrogen-bond acceptors (Lipinski definition) is 4. The Balaban J connectivity index is 2.11. The fourth-order valence-electron chi connectivity index (χ4n) is 2.56. The maximum absolute atomic E-state index is 11.7. The van der Waals surface area contributed by atoms with Crippen molar-refractivity contribution in [1.82, 2.24) is 9.55 Å². The van der Waals surface area contributed by atoms with Gasteiger partial charge in [0.1, 0.15) is 12.2 Å². The van der Waals surface area contributed by atoms with Crippen LogP contribution in [-0.2, 0) is 16.0 Å². The van der Waals surface area contributed by atoms with Gasteiger partial charge in [-0.2, -0.15) is 0 Å². The van der Waals surface area contributed by atoms with Crippen LogP contribution in [0.3, 0.4) is 0 Å². The van der Waals surface area contributed by atoms with Crippen LogP contribution in [0.4, 0.5) is 0 Å². The van der Waals surface area contributed by atoms with Gasteiger partial charge in [0.2, 0.25) is 0 Å². The second-order valence-electron chi connectivity index (χ2n) is 5.21. The fourth-order valence-corrected chi connectivity index (χ4v) is 2.88. The Bertz CT molecular complexity index is 900. The number of rotatable bonds is 5. The third-order valence-electron chi connectivity index (χ3n) is 3.73. The highest BCUT2D eigenvalue weighted by molar-refractivity contribution is 9.09. The van der Waals surface area contributed by atoms with Crippen LogP contribution in [0.2, 0.25) is 0 Å². The quantitative estimate of drug-likeness (QED) is 0.383. The summed E-state index contributed by atoms with van der Waals surface area (Å²) in [7, 11) is 1.36. The molecule has 0 bridgehead atoms. The van der Waals surface area contributed by atoms with Gasteiger partial charge >= 0.3 is 5.97 Å². The lowest BCUT2D eigenvalue weighted by atomic mass is 10.1. The Morgan fingerprint density at radius 3 is 2.50 bits per heavy atom. The van der Waals surface area contributed by atoms with E-state index in [4.69, 9.17) is 4.74 Å². The van der Waals surface area contributed by atoms with E-state index in [1.165, 1.54) is 7.11 Å². The number of methoxy groups -OCH3 is 1. The number of aromatic nitrogens is 2. The van der Waals surface area contributed by atoms with Gasteiger partial charge < -0.3 is 4.74 Å². The summed E-state index contributed by atoms with van der Waals surface area (Å²) in [4.78, 5) is 28.0. The molecule has 6 heteroatoms. The Morgan fingerprint density at radius 1 is 1.12 bits per heavy atom. The lowest BCUT2D eigenvalue weighted by Gasteiger charge is -2.09. The average molecular weight is 387 g/mol. The van der Waals surface area contributed by atoms with Gasteiger partial charge in [-0.3, -0.25) is 14.2 Å². The molecule has 0 N–H and O–H groups in total. The molecule has 1 heterocycles. The molecule has 2 aromatic carbocycles. The van der Waals surface area contributed by atoms with Crippen molar-refractivity contribution in [2.75, 3.05) is 12.4 Å². The number of esters is 1. The maximum Gasteiger partial charge on any atom is 0.313 e. The van der Waals surface area contributed by atoms with Crippen LogP contribution in [0.1, 0.15) is 16.2 Å². The highest BCUT2D eigenvalue weighted by Gasteiger charge is 2.16. The lowest BCUT2D eigenvalue weighted by Crippen LogP contribution is -2.10. The van der Waals surface area contributed by atoms with Crippen molar-refractivity contribution < 1.29 is 14.3 Å². The zero-order valence-corrected chi connectivity index (χ0v) is 14.6. The van der Waals surface area contributed by atoms with Gasteiger partial charge in [-0.05, 0) is 36.4 Å². The molecule has 0 aliphatic rings. The Hall–Kier alpha value is -2.47. The van der Waals surface area contributed by atoms with E-state index in [1.54, 1.807) is 12.1 Å². The third kappa shape index (κ3) is 3.10. The van der Waals surface area contributed by atoms with Gasteiger partial charge in [-0.25, -0.2) is 4.98 Å². The number of Topliss-reactive ketones (excluding diaryl/α,β-unsaturated/α-hetero) is 1. The van der Waals surface area contributed by atoms with E-state index in [0.717, 1.165) is 16.7 Å². The molecule has 24 heavy (non-hydrogen) atoms. The first-order valence-electron chi connectivity index (χ1n) is 7.37. The summed E-state index contributed by atoms with van der Waals surface area (Å²) >= 11 is 3.17. The highest BCUT2D eigenvalue weighted by atomic mass is 79.9. The summed E-state index contributed by atoms with van der Waals surface area (Å²) in [6.07, 6.45) is 0.0766. The molecule has 0 aliphatic carbocycles. The molecule has 0 amide bonds. The monoisotopic (exact) mass is 386 g/mol. The number of fused-ring (bicyclic) bond motifs is 1. The van der Waals surface area contributed by atoms with Crippen LogP contribution in [0, 0.1) is 0 Å². The molecular weight excluding hydrogens is 372 g/mol. The number of nitrogens with zero attached hydrogens (tertiary/aromatic N) is 2. The number of para-hydroxylation sites is 2. The lowest BCUT2D eigenvalue weighted by molar-refractivity contribution is -0.139. The largest absolute Gasteiger partial charge is 0.469 e. The van der Waals surface area contributed by atoms with Crippen LogP contribution in [0.25, 0.3) is 16.7 Å². The Kier molecular flexibility index (Phi) is 4.76. The molecule has 122 valence electrons. The molecule has 0 fully saturated rings. The van der Waals surface area contributed by atoms with Crippen LogP contribution >= 0.6 is 15.9 Å². The normalized spacial score (nSPS) is 10.8. The number of carbonyl (C=O) groups excluding carboxylic acids is 2. The fraction of sp³-hybridized carbons (Fsp3) is 0.167. The summed E-state index contributed by atoms with van der Waals surface area (Å²) in [5.74, 6) is 0.270. The number of alkyl halides is 1. The number of imidazole rings is 1. The van der Waals surface area contributed by atoms with Crippen LogP contribution in [-0.4, -0.2) is 33.7 Å². The molecule has 3 rings (SSSR count). The SMILES string of the molecule is COC(=O)Cc1nc2ccccc2n1-c1ccc(C(=O)CBr)cc1. The minimum Gasteiger partial charge on any atom is -0.469 e. The number of ketones is 1. The topological polar surface area (TPSA) is 61.2 Å². The molecule has 1 aromatic heterocycles. The number of benzene rings is 2. The summed E-state index contributed by atoms with van der Waals surface area (Å²) in [6, 6.07) is 14.9. The van der Waals surface area contributed by atoms with Gasteiger partial charge in [0.25, 0.3) is 0 Å². The zero-order valence-electron chi connectivity index (χ0n) is 13.0. The highest BCUT2D eigenvalue weighted by Crippen LogP contribution is 2.22. The van der Waals surface area contributed by atoms with Crippen LogP contribution in [0.15, 0.2) is 48.5 Å². The van der Waals surface area contributed by atoms with E-state index in [9.17, 15) is 9.59 Å². The van der Waals surface area contributed by atoms with E-state index < -0.39 is 0 Å². The zero-order chi connectivity index (χ0) is 17.1. The van der Waals surface area contributed by atoms with Crippen molar-refractivity contribution in [3.05, 3.63) is 59.9 Å². The average Bonchev–Trinajstić information content (AvgIpc) is 2.98. The van der Waals surface area contributed by atoms with E-state index in [0.29, 0.717) is 11.4 Å². The first-order chi connectivity index (χ1) is 11.6. The van der Waals surface area contributed by atoms with Gasteiger partial charge in [0, 0.05) is 11.3 Å². The minimum atomic E-state index is -0.349. The first-order valence-corrected chi connectivity index (χ1v) is 8.49. The predicted molar refractivity (Wildman–Crippen MR) is 94.9 cm³/mol. The summed E-state index contributed by atoms with van der Waals surface area (Å²) in [6.45, 7) is 0. The van der Waals surface area contributed by atoms with E-state index in [-0.39, 0.29) is 23.5 Å². The summed E-state index contributed by atoms with van der Waals surface area (Å²) in [5.41, 5.74) is 3.18. The van der Waals surface area contributed by atoms with E-state index in [1.807, 2.05) is 41.0 Å². The maximum atomic E-state index is 11.7. The van der Waals surface area contributed by atoms with Crippen molar-refractivity contribution >= 4 is 38.7 Å². The molecule has 0 aliphatic heterocycles. The van der Waals surface area contributed by atoms with Crippen molar-refractivity contribution in [3.8, 4) is 5.69 Å². The molecule has 5 nitrogen and oxygen atoms in total. The molecule has 0 atom stereocenters. The van der Waals surface area contributed by atoms with Crippen LogP contribution < -0.4 is 0 Å². The second kappa shape index (κ2) is 6.97. The molecule has 0 unspecified atom stereocenters. The number of hydrogen-bond donors (Lipinski definition) is 0. The number of carbonyl (C=O) groups is 2. The van der Waals surface area contributed by atoms with Gasteiger partial charge in [0.15, 0.2) is 5.78 Å². The molecule has 0 spiro atoms. The Morgan fingerprint density at radius 2 is 1.83 bits per heavy atom. The Labute approximate surface area is 147 Å². The van der Waals surface area contributed by atoms with Crippen LogP contribution in [0.5, 0.6) is 0 Å². The van der Waals surface area contributed by atoms with Crippen molar-refractivity contribution in [1.29, 1.82) is 0 Å². The second-order valence-corrected chi connectivity index (χ2v) is 5.77. The number of ether oxygens (including phenoxy) is 1. The van der Waals surface area contributed by atoms with Gasteiger partial charge in [0.05, 0.1) is 23.5 Å². The molecular formula is C18H15BrN2O3. The molecule has 0 saturated heterocycles. The summed E-state index contributed by atoms with van der Waals surface area (Å²) in [5, 5.41) is 0.286. The molecule has 0 radical (unpaired) electrons. The minimum absolute atomic E-state index is 0.0202. The van der Waals surface area contributed by atoms with Gasteiger partial charge in [-0.1, -0.05) is 28.1 Å². The van der Waals surface area contributed by atoms with Crippen molar-refractivity contribution in [2.24, 2.45) is 0 Å². The predicted octanol–water partition coefficient (Wildman–Crippen LogP) is 3.32. The van der Waals surface area contributed by atoms with E-state index >= 15 is 0 Å². The van der Waals surface area contributed by atoms with Crippen molar-refractivity contribution in [3.63, 3.8) is 0 Å². The summed E-state index contributed by atoms with van der Waals surface area (Å²) < 4.78 is 6.68. The molecule has 0 saturated carbocycles.